The second kappa shape index (κ2) is 10.1. The van der Waals surface area contributed by atoms with Crippen LogP contribution in [-0.2, 0) is 9.59 Å². The molecule has 0 aliphatic carbocycles. The molecule has 1 unspecified atom stereocenters. The molecule has 26 heavy (non-hydrogen) atoms. The monoisotopic (exact) mass is 356 g/mol. The molecule has 6 nitrogen and oxygen atoms in total. The fourth-order valence-corrected chi connectivity index (χ4v) is 2.40. The summed E-state index contributed by atoms with van der Waals surface area (Å²) in [5.74, 6) is 0.778. The highest BCUT2D eigenvalue weighted by Crippen LogP contribution is 2.19. The molecular formula is C20H24N2O4. The standard InChI is InChI=1S/C20H24N2O4/c1-3-18(15-9-11-16(25-2)12-10-15)22-19(23)13-21-20(24)14-26-17-7-5-4-6-8-17/h4-12,18H,3,13-14H2,1-2H3,(H,21,24)(H,22,23). The second-order valence-corrected chi connectivity index (χ2v) is 5.68. The molecule has 138 valence electrons. The molecule has 0 aromatic heterocycles. The van der Waals surface area contributed by atoms with Crippen molar-refractivity contribution in [2.45, 2.75) is 19.4 Å². The van der Waals surface area contributed by atoms with E-state index in [1.165, 1.54) is 0 Å². The van der Waals surface area contributed by atoms with Gasteiger partial charge in [0, 0.05) is 0 Å². The Morgan fingerprint density at radius 2 is 1.65 bits per heavy atom. The number of hydrogen-bond acceptors (Lipinski definition) is 4. The quantitative estimate of drug-likeness (QED) is 0.724. The van der Waals surface area contributed by atoms with Crippen LogP contribution in [0.25, 0.3) is 0 Å². The third-order valence-electron chi connectivity index (χ3n) is 3.82. The molecule has 2 amide bonds. The van der Waals surface area contributed by atoms with E-state index in [0.29, 0.717) is 5.75 Å². The van der Waals surface area contributed by atoms with Gasteiger partial charge in [0.2, 0.25) is 5.91 Å². The van der Waals surface area contributed by atoms with Gasteiger partial charge < -0.3 is 20.1 Å². The number of para-hydroxylation sites is 1. The van der Waals surface area contributed by atoms with E-state index in [9.17, 15) is 9.59 Å². The predicted molar refractivity (Wildman–Crippen MR) is 99.1 cm³/mol. The van der Waals surface area contributed by atoms with Crippen molar-refractivity contribution in [2.24, 2.45) is 0 Å². The third kappa shape index (κ3) is 6.12. The van der Waals surface area contributed by atoms with Gasteiger partial charge in [-0.15, -0.1) is 0 Å². The lowest BCUT2D eigenvalue weighted by atomic mass is 10.0. The first-order chi connectivity index (χ1) is 12.6. The average Bonchev–Trinajstić information content (AvgIpc) is 2.69. The third-order valence-corrected chi connectivity index (χ3v) is 3.82. The minimum Gasteiger partial charge on any atom is -0.497 e. The molecule has 2 N–H and O–H groups in total. The molecule has 0 heterocycles. The van der Waals surface area contributed by atoms with Crippen molar-refractivity contribution in [1.82, 2.24) is 10.6 Å². The highest BCUT2D eigenvalue weighted by molar-refractivity contribution is 5.85. The first-order valence-corrected chi connectivity index (χ1v) is 8.50. The molecule has 0 aliphatic heterocycles. The lowest BCUT2D eigenvalue weighted by molar-refractivity contribution is -0.127. The molecule has 2 rings (SSSR count). The molecule has 6 heteroatoms. The topological polar surface area (TPSA) is 76.7 Å². The lowest BCUT2D eigenvalue weighted by Gasteiger charge is -2.18. The van der Waals surface area contributed by atoms with E-state index >= 15 is 0 Å². The van der Waals surface area contributed by atoms with Crippen molar-refractivity contribution < 1.29 is 19.1 Å². The largest absolute Gasteiger partial charge is 0.497 e. The maximum atomic E-state index is 12.1. The van der Waals surface area contributed by atoms with Crippen molar-refractivity contribution in [3.63, 3.8) is 0 Å². The average molecular weight is 356 g/mol. The minimum atomic E-state index is -0.346. The van der Waals surface area contributed by atoms with Crippen LogP contribution in [0.2, 0.25) is 0 Å². The summed E-state index contributed by atoms with van der Waals surface area (Å²) in [6, 6.07) is 16.5. The number of hydrogen-bond donors (Lipinski definition) is 2. The van der Waals surface area contributed by atoms with Gasteiger partial charge in [-0.1, -0.05) is 37.3 Å². The normalized spacial score (nSPS) is 11.3. The van der Waals surface area contributed by atoms with E-state index in [-0.39, 0.29) is 31.0 Å². The van der Waals surface area contributed by atoms with E-state index in [1.54, 1.807) is 19.2 Å². The molecule has 2 aromatic carbocycles. The predicted octanol–water partition coefficient (Wildman–Crippen LogP) is 2.46. The zero-order valence-corrected chi connectivity index (χ0v) is 15.0. The van der Waals surface area contributed by atoms with Gasteiger partial charge in [-0.25, -0.2) is 0 Å². The molecule has 2 aromatic rings. The van der Waals surface area contributed by atoms with Crippen LogP contribution in [0.1, 0.15) is 24.9 Å². The number of amides is 2. The van der Waals surface area contributed by atoms with E-state index in [1.807, 2.05) is 49.4 Å². The van der Waals surface area contributed by atoms with Crippen LogP contribution in [0.3, 0.4) is 0 Å². The van der Waals surface area contributed by atoms with E-state index in [0.717, 1.165) is 17.7 Å². The number of ether oxygens (including phenoxy) is 2. The Bertz CT molecular complexity index is 702. The van der Waals surface area contributed by atoms with E-state index < -0.39 is 0 Å². The first kappa shape index (κ1) is 19.3. The zero-order chi connectivity index (χ0) is 18.8. The molecule has 0 saturated carbocycles. The maximum Gasteiger partial charge on any atom is 0.258 e. The summed E-state index contributed by atoms with van der Waals surface area (Å²) in [7, 11) is 1.61. The molecule has 0 bridgehead atoms. The molecule has 0 aliphatic rings. The van der Waals surface area contributed by atoms with Gasteiger partial charge in [0.05, 0.1) is 19.7 Å². The van der Waals surface area contributed by atoms with Gasteiger partial charge >= 0.3 is 0 Å². The number of rotatable bonds is 9. The number of nitrogens with one attached hydrogen (secondary N) is 2. The lowest BCUT2D eigenvalue weighted by Crippen LogP contribution is -2.40. The van der Waals surface area contributed by atoms with Crippen LogP contribution < -0.4 is 20.1 Å². The van der Waals surface area contributed by atoms with Crippen LogP contribution in [0.5, 0.6) is 11.5 Å². The fraction of sp³-hybridized carbons (Fsp3) is 0.300. The van der Waals surface area contributed by atoms with E-state index in [4.69, 9.17) is 9.47 Å². The Balaban J connectivity index is 1.76. The highest BCUT2D eigenvalue weighted by atomic mass is 16.5. The zero-order valence-electron chi connectivity index (χ0n) is 15.0. The molecule has 0 saturated heterocycles. The molecule has 1 atom stereocenters. The Morgan fingerprint density at radius 1 is 0.962 bits per heavy atom. The summed E-state index contributed by atoms with van der Waals surface area (Å²) in [5.41, 5.74) is 0.986. The summed E-state index contributed by atoms with van der Waals surface area (Å²) in [6.45, 7) is 1.76. The fourth-order valence-electron chi connectivity index (χ4n) is 2.40. The van der Waals surface area contributed by atoms with E-state index in [2.05, 4.69) is 10.6 Å². The number of carbonyl (C=O) groups is 2. The Labute approximate surface area is 153 Å². The maximum absolute atomic E-state index is 12.1. The van der Waals surface area contributed by atoms with Gasteiger partial charge in [0.1, 0.15) is 11.5 Å². The van der Waals surface area contributed by atoms with Crippen molar-refractivity contribution in [2.75, 3.05) is 20.3 Å². The second-order valence-electron chi connectivity index (χ2n) is 5.68. The van der Waals surface area contributed by atoms with Crippen LogP contribution in [-0.4, -0.2) is 32.1 Å². The summed E-state index contributed by atoms with van der Waals surface area (Å²) in [4.78, 5) is 23.9. The molecule has 0 radical (unpaired) electrons. The van der Waals surface area contributed by atoms with Crippen LogP contribution in [0.4, 0.5) is 0 Å². The highest BCUT2D eigenvalue weighted by Gasteiger charge is 2.13. The van der Waals surface area contributed by atoms with Gasteiger partial charge in [-0.2, -0.15) is 0 Å². The Hall–Kier alpha value is -3.02. The Kier molecular flexibility index (Phi) is 7.49. The summed E-state index contributed by atoms with van der Waals surface area (Å²) in [5, 5.41) is 5.47. The molecule has 0 fully saturated rings. The molecular weight excluding hydrogens is 332 g/mol. The van der Waals surface area contributed by atoms with Gasteiger partial charge in [-0.05, 0) is 36.2 Å². The van der Waals surface area contributed by atoms with Crippen LogP contribution >= 0.6 is 0 Å². The summed E-state index contributed by atoms with van der Waals surface area (Å²) >= 11 is 0. The van der Waals surface area contributed by atoms with Crippen molar-refractivity contribution >= 4 is 11.8 Å². The van der Waals surface area contributed by atoms with Crippen molar-refractivity contribution in [3.8, 4) is 11.5 Å². The number of carbonyl (C=O) groups excluding carboxylic acids is 2. The van der Waals surface area contributed by atoms with Crippen LogP contribution in [0, 0.1) is 0 Å². The summed E-state index contributed by atoms with van der Waals surface area (Å²) < 4.78 is 10.5. The van der Waals surface area contributed by atoms with Crippen molar-refractivity contribution in [1.29, 1.82) is 0 Å². The van der Waals surface area contributed by atoms with Crippen molar-refractivity contribution in [3.05, 3.63) is 60.2 Å². The van der Waals surface area contributed by atoms with Gasteiger partial charge in [-0.3, -0.25) is 9.59 Å². The van der Waals surface area contributed by atoms with Gasteiger partial charge in [0.15, 0.2) is 6.61 Å². The smallest absolute Gasteiger partial charge is 0.258 e. The SMILES string of the molecule is CCC(NC(=O)CNC(=O)COc1ccccc1)c1ccc(OC)cc1. The molecule has 0 spiro atoms. The van der Waals surface area contributed by atoms with Crippen LogP contribution in [0.15, 0.2) is 54.6 Å². The first-order valence-electron chi connectivity index (χ1n) is 8.50. The Morgan fingerprint density at radius 3 is 2.27 bits per heavy atom. The number of benzene rings is 2. The minimum absolute atomic E-state index is 0.0936. The summed E-state index contributed by atoms with van der Waals surface area (Å²) in [6.07, 6.45) is 0.739. The van der Waals surface area contributed by atoms with Gasteiger partial charge in [0.25, 0.3) is 5.91 Å². The number of methoxy groups -OCH3 is 1.